The van der Waals surface area contributed by atoms with Crippen LogP contribution in [0.4, 0.5) is 0 Å². The second kappa shape index (κ2) is 46.3. The van der Waals surface area contributed by atoms with Gasteiger partial charge in [-0.25, -0.2) is 4.79 Å². The summed E-state index contributed by atoms with van der Waals surface area (Å²) in [6, 6.07) is -4.62. The molecule has 29 heteroatoms. The first-order valence-electron chi connectivity index (χ1n) is 38.2. The molecule has 96 heavy (non-hydrogen) atoms. The number of rotatable bonds is 49. The molecule has 4 saturated heterocycles. The number of carbonyl (C=O) groups is 4. The number of hydrogen-bond donors (Lipinski definition) is 17. The van der Waals surface area contributed by atoms with E-state index in [2.05, 4.69) is 22.9 Å². The number of aliphatic hydroxyl groups excluding tert-OH is 13. The average molecular weight is 1390 g/mol. The van der Waals surface area contributed by atoms with Crippen molar-refractivity contribution in [3.63, 3.8) is 0 Å². The molecule has 3 amide bonds. The first kappa shape index (κ1) is 74.0. The largest absolute Gasteiger partial charge is 0.477 e. The second-order valence-electron chi connectivity index (χ2n) is 25.8. The Hall–Kier alpha value is -3.22. The van der Waals surface area contributed by atoms with E-state index >= 15 is 0 Å². The molecule has 4 aliphatic rings. The van der Waals surface area contributed by atoms with Gasteiger partial charge in [0.2, 0.25) is 17.7 Å². The molecule has 0 bridgehead atoms. The van der Waals surface area contributed by atoms with Gasteiger partial charge in [0, 0.05) is 36.3 Å². The van der Waals surface area contributed by atoms with E-state index in [1.165, 1.54) is 44.6 Å². The molecular weight excluding hydrogens is 1260 g/mol. The Morgan fingerprint density at radius 3 is 1.66 bits per heavy atom. The third-order valence-corrected chi connectivity index (χ3v) is 18.0. The van der Waals surface area contributed by atoms with Crippen LogP contribution in [-0.2, 0) is 57.1 Å². The normalized spacial score (nSPS) is 33.9. The average Bonchev–Trinajstić information content (AvgIpc) is 0.751. The molecule has 0 radical (unpaired) electrons. The van der Waals surface area contributed by atoms with E-state index in [1.54, 1.807) is 6.08 Å². The summed E-state index contributed by atoms with van der Waals surface area (Å²) < 4.78 is 101. The van der Waals surface area contributed by atoms with E-state index in [-0.39, 0.29) is 12.8 Å². The highest BCUT2D eigenvalue weighted by Crippen LogP contribution is 2.40. The maximum Gasteiger partial charge on any atom is 0.364 e. The molecule has 0 saturated carbocycles. The molecular formula is C67H121N3O26. The molecule has 560 valence electrons. The van der Waals surface area contributed by atoms with Gasteiger partial charge in [0.15, 0.2) is 18.9 Å². The van der Waals surface area contributed by atoms with Gasteiger partial charge in [0.05, 0.1) is 57.3 Å². The highest BCUT2D eigenvalue weighted by atomic mass is 16.8. The number of amides is 3. The van der Waals surface area contributed by atoms with Crippen molar-refractivity contribution in [2.24, 2.45) is 0 Å². The van der Waals surface area contributed by atoms with Crippen LogP contribution in [0.1, 0.15) is 223 Å². The lowest BCUT2D eigenvalue weighted by Gasteiger charge is -2.52. The Morgan fingerprint density at radius 2 is 1.11 bits per heavy atom. The van der Waals surface area contributed by atoms with Crippen molar-refractivity contribution >= 4 is 23.7 Å². The Labute approximate surface area is 575 Å². The molecule has 4 rings (SSSR count). The van der Waals surface area contributed by atoms with E-state index in [9.17, 15) is 90.7 Å². The van der Waals surface area contributed by atoms with Crippen LogP contribution < -0.4 is 16.0 Å². The summed E-state index contributed by atoms with van der Waals surface area (Å²) in [6.45, 7) is -3.75. The van der Waals surface area contributed by atoms with E-state index in [4.69, 9.17) is 47.5 Å². The number of carbonyl (C=O) groups excluding carboxylic acids is 3. The minimum absolute atomic E-state index is 0.0824. The summed E-state index contributed by atoms with van der Waals surface area (Å²) in [5, 5.41) is 163. The molecule has 17 N–H and O–H groups in total. The zero-order valence-corrected chi connectivity index (χ0v) is 56.1. The van der Waals surface area contributed by atoms with Crippen molar-refractivity contribution < 1.29 is 138 Å². The number of aliphatic hydroxyl groups is 13. The number of ether oxygens (including phenoxy) is 8. The van der Waals surface area contributed by atoms with Gasteiger partial charge in [-0.1, -0.05) is 180 Å². The van der Waals surface area contributed by atoms with Crippen molar-refractivity contribution in [3.8, 4) is 0 Å². The van der Waals surface area contributed by atoms with Gasteiger partial charge < -0.3 is 125 Å². The van der Waals surface area contributed by atoms with Gasteiger partial charge in [-0.2, -0.15) is 0 Å². The van der Waals surface area contributed by atoms with Crippen molar-refractivity contribution in [1.82, 2.24) is 16.0 Å². The van der Waals surface area contributed by atoms with Gasteiger partial charge in [-0.05, 0) is 19.3 Å². The molecule has 29 nitrogen and oxygen atoms in total. The number of hydrogen-bond acceptors (Lipinski definition) is 25. The standard InChI is InChI=1S/C67H121N3O26/c1-5-7-9-11-13-15-17-19-20-22-24-26-28-30-32-34-50(80)70-43(44(77)33-31-29-27-25-23-21-18-16-14-12-10-8-6-2)40-89-64-57(85)56(84)59(48(38-73)91-64)93-65-58(86)62(60(49(39-74)92-65)94-63-52(69-42(4)76)55(83)54(82)47(37-72)90-63)96-67(66(87)88)35-45(78)51(68-41(3)75)61(95-67)53(81)46(79)36-71/h31,33,43-49,51-65,71-74,77-79,81-86H,5-30,32,34-40H2,1-4H3,(H,68,75)(H,69,76)(H,70,80)(H,87,88)/b33-31+/t43-,44+,45-,46+,47+,48+,49+,51+,52+,53+,54-,55+,56+,57+,58+,59+,60-,61+,62+,63-,64+,65-,67-/m0/s1/i1D3,5D2,7D2. The minimum Gasteiger partial charge on any atom is -0.477 e. The number of carboxylic acids is 1. The number of allylic oxidation sites excluding steroid dienone is 1. The second-order valence-corrected chi connectivity index (χ2v) is 25.8. The van der Waals surface area contributed by atoms with Crippen LogP contribution >= 0.6 is 0 Å². The van der Waals surface area contributed by atoms with Crippen LogP contribution in [0.15, 0.2) is 12.2 Å². The van der Waals surface area contributed by atoms with Crippen molar-refractivity contribution in [1.29, 1.82) is 0 Å². The van der Waals surface area contributed by atoms with Crippen LogP contribution in [0.25, 0.3) is 0 Å². The van der Waals surface area contributed by atoms with E-state index in [0.29, 0.717) is 25.7 Å². The van der Waals surface area contributed by atoms with E-state index < -0.39 is 223 Å². The number of nitrogens with one attached hydrogen (secondary N) is 3. The van der Waals surface area contributed by atoms with Crippen LogP contribution in [0.3, 0.4) is 0 Å². The molecule has 0 aromatic carbocycles. The third-order valence-electron chi connectivity index (χ3n) is 18.0. The van der Waals surface area contributed by atoms with Crippen molar-refractivity contribution in [3.05, 3.63) is 12.2 Å². The predicted molar refractivity (Wildman–Crippen MR) is 346 cm³/mol. The first-order valence-corrected chi connectivity index (χ1v) is 34.7. The predicted octanol–water partition coefficient (Wildman–Crippen LogP) is 1.13. The van der Waals surface area contributed by atoms with Gasteiger partial charge in [-0.3, -0.25) is 14.4 Å². The van der Waals surface area contributed by atoms with Crippen molar-refractivity contribution in [2.45, 2.75) is 354 Å². The zero-order chi connectivity index (χ0) is 76.8. The monoisotopic (exact) mass is 1390 g/mol. The first-order chi connectivity index (χ1) is 48.7. The number of aliphatic carboxylic acids is 1. The molecule has 4 aliphatic heterocycles. The SMILES string of the molecule is [2H]C([2H])([2H])C([2H])([2H])C([2H])([2H])CCCCCCCCCCCCCCC(=O)N[C@@H](CO[C@@H]1O[C@H](CO)[C@@H](O[C@@H]2O[C@H](CO)[C@H](O[C@@H]3O[C@H](CO)[C@H](O)[C@H](O)[C@H]3NC(C)=O)[C@H](O[C@]3(C(=O)O)C[C@H](O)[C@@H](NC(C)=O)[C@H]([C@H](O)[C@H](O)CO)O3)[C@H]2O)[C@H](O)[C@H]1O)[C@H](O)/C=C/CCCCCCCCCCCCC. The molecule has 0 aromatic rings. The smallest absolute Gasteiger partial charge is 0.364 e. The topological polar surface area (TPSA) is 461 Å². The quantitative estimate of drug-likeness (QED) is 0.0300. The Bertz CT molecular complexity index is 2470. The molecule has 0 unspecified atom stereocenters. The van der Waals surface area contributed by atoms with Gasteiger partial charge in [0.1, 0.15) is 91.5 Å². The highest BCUT2D eigenvalue weighted by Gasteiger charge is 2.61. The Kier molecular flexibility index (Phi) is 35.7. The van der Waals surface area contributed by atoms with Crippen molar-refractivity contribution in [2.75, 3.05) is 33.0 Å². The summed E-state index contributed by atoms with van der Waals surface area (Å²) in [5.74, 6) is -7.51. The lowest BCUT2D eigenvalue weighted by molar-refractivity contribution is -0.401. The van der Waals surface area contributed by atoms with Gasteiger partial charge >= 0.3 is 5.97 Å². The fourth-order valence-corrected chi connectivity index (χ4v) is 12.5. The van der Waals surface area contributed by atoms with Crippen LogP contribution in [0, 0.1) is 0 Å². The Morgan fingerprint density at radius 1 is 0.604 bits per heavy atom. The Balaban J connectivity index is 1.50. The zero-order valence-electron chi connectivity index (χ0n) is 63.1. The minimum atomic E-state index is -3.30. The fraction of sp³-hybridized carbons (Fsp3) is 0.910. The summed E-state index contributed by atoms with van der Waals surface area (Å²) in [5.41, 5.74) is 0. The lowest BCUT2D eigenvalue weighted by atomic mass is 9.88. The fourth-order valence-electron chi connectivity index (χ4n) is 12.5. The number of carboxylic acid groups (broad SMARTS) is 1. The van der Waals surface area contributed by atoms with Gasteiger partial charge in [0.25, 0.3) is 5.79 Å². The maximum absolute atomic E-state index is 13.6. The molecule has 4 fully saturated rings. The highest BCUT2D eigenvalue weighted by molar-refractivity contribution is 5.77. The summed E-state index contributed by atoms with van der Waals surface area (Å²) in [7, 11) is 0. The van der Waals surface area contributed by atoms with Crippen LogP contribution in [0.2, 0.25) is 0 Å². The lowest BCUT2D eigenvalue weighted by Crippen LogP contribution is -2.72. The summed E-state index contributed by atoms with van der Waals surface area (Å²) >= 11 is 0. The molecule has 23 atom stereocenters. The summed E-state index contributed by atoms with van der Waals surface area (Å²) in [6.07, 6.45) is -18.9. The molecule has 4 heterocycles. The maximum atomic E-state index is 13.6. The molecule has 0 spiro atoms. The molecule has 0 aromatic heterocycles. The third kappa shape index (κ3) is 27.6. The summed E-state index contributed by atoms with van der Waals surface area (Å²) in [4.78, 5) is 52.0. The van der Waals surface area contributed by atoms with Crippen LogP contribution in [0.5, 0.6) is 0 Å². The van der Waals surface area contributed by atoms with E-state index in [1.807, 2.05) is 0 Å². The van der Waals surface area contributed by atoms with Gasteiger partial charge in [-0.15, -0.1) is 0 Å². The van der Waals surface area contributed by atoms with Crippen LogP contribution in [-0.4, -0.2) is 269 Å². The van der Waals surface area contributed by atoms with E-state index in [0.717, 1.165) is 104 Å². The molecule has 0 aliphatic carbocycles. The number of unbranched alkanes of at least 4 members (excludes halogenated alkanes) is 22.